The highest BCUT2D eigenvalue weighted by Gasteiger charge is 2.32. The molecule has 1 fully saturated rings. The van der Waals surface area contributed by atoms with Gasteiger partial charge in [-0.3, -0.25) is 4.79 Å². The summed E-state index contributed by atoms with van der Waals surface area (Å²) in [6.07, 6.45) is 3.40. The monoisotopic (exact) mass is 445 g/mol. The summed E-state index contributed by atoms with van der Waals surface area (Å²) in [6, 6.07) is 10.0. The number of carbonyl (C=O) groups excluding carboxylic acids is 1. The van der Waals surface area contributed by atoms with Crippen LogP contribution >= 0.6 is 0 Å². The first-order valence-electron chi connectivity index (χ1n) is 10.0. The van der Waals surface area contributed by atoms with E-state index in [1.807, 2.05) is 12.1 Å². The van der Waals surface area contributed by atoms with Gasteiger partial charge >= 0.3 is 0 Å². The molecule has 2 N–H and O–H groups in total. The smallest absolute Gasteiger partial charge is 0.262 e. The molecular weight excluding hydrogens is 421 g/mol. The van der Waals surface area contributed by atoms with Gasteiger partial charge < -0.3 is 10.6 Å². The van der Waals surface area contributed by atoms with Gasteiger partial charge in [0.25, 0.3) is 15.9 Å². The highest BCUT2D eigenvalue weighted by atomic mass is 32.2. The number of hydrogen-bond donors (Lipinski definition) is 1. The molecule has 0 saturated carbocycles. The van der Waals surface area contributed by atoms with Crippen molar-refractivity contribution in [2.75, 3.05) is 25.0 Å². The second-order valence-corrected chi connectivity index (χ2v) is 9.54. The maximum Gasteiger partial charge on any atom is 0.262 e. The number of amides is 1. The Balaban J connectivity index is 1.83. The minimum Gasteiger partial charge on any atom is -0.365 e. The summed E-state index contributed by atoms with van der Waals surface area (Å²) in [7, 11) is -2.55. The van der Waals surface area contributed by atoms with Crippen molar-refractivity contribution in [1.29, 1.82) is 0 Å². The summed E-state index contributed by atoms with van der Waals surface area (Å²) in [5.41, 5.74) is 7.41. The minimum atomic E-state index is -3.97. The zero-order chi connectivity index (χ0) is 22.3. The van der Waals surface area contributed by atoms with Gasteiger partial charge in [0.05, 0.1) is 11.6 Å². The van der Waals surface area contributed by atoms with Crippen molar-refractivity contribution >= 4 is 27.1 Å². The number of aromatic nitrogens is 2. The zero-order valence-corrected chi connectivity index (χ0v) is 18.1. The SMILES string of the molecule is CCN(C)S(=O)(=O)c1nn2ccc(N3CCCC3c3cccc(F)c3)cc2c1C(N)=O. The molecule has 1 saturated heterocycles. The molecule has 1 aliphatic heterocycles. The Labute approximate surface area is 180 Å². The van der Waals surface area contributed by atoms with Crippen LogP contribution in [0.15, 0.2) is 47.6 Å². The molecule has 10 heteroatoms. The van der Waals surface area contributed by atoms with Crippen molar-refractivity contribution < 1.29 is 17.6 Å². The van der Waals surface area contributed by atoms with E-state index in [1.54, 1.807) is 25.3 Å². The number of benzene rings is 1. The number of hydrogen-bond acceptors (Lipinski definition) is 5. The van der Waals surface area contributed by atoms with Gasteiger partial charge in [-0.2, -0.15) is 9.40 Å². The Morgan fingerprint density at radius 2 is 2.10 bits per heavy atom. The number of rotatable bonds is 6. The van der Waals surface area contributed by atoms with Crippen LogP contribution < -0.4 is 10.6 Å². The standard InChI is InChI=1S/C21H24FN5O3S/c1-3-25(2)31(29,30)21-19(20(23)28)18-13-16(9-11-27(18)24-21)26-10-5-8-17(26)14-6-4-7-15(22)12-14/h4,6-7,9,11-13,17H,3,5,8,10H2,1-2H3,(H2,23,28). The summed E-state index contributed by atoms with van der Waals surface area (Å²) in [4.78, 5) is 14.4. The van der Waals surface area contributed by atoms with Crippen LogP contribution in [0.3, 0.4) is 0 Å². The fourth-order valence-corrected chi connectivity index (χ4v) is 5.35. The number of carbonyl (C=O) groups is 1. The normalized spacial score (nSPS) is 17.0. The minimum absolute atomic E-state index is 0.0208. The van der Waals surface area contributed by atoms with E-state index in [9.17, 15) is 17.6 Å². The second kappa shape index (κ2) is 7.93. The quantitative estimate of drug-likeness (QED) is 0.628. The predicted molar refractivity (Wildman–Crippen MR) is 115 cm³/mol. The van der Waals surface area contributed by atoms with Crippen molar-refractivity contribution in [2.24, 2.45) is 5.73 Å². The Morgan fingerprint density at radius 1 is 1.32 bits per heavy atom. The molecule has 3 heterocycles. The highest BCUT2D eigenvalue weighted by molar-refractivity contribution is 7.89. The van der Waals surface area contributed by atoms with Gasteiger partial charge in [0.1, 0.15) is 11.4 Å². The van der Waals surface area contributed by atoms with Gasteiger partial charge in [-0.15, -0.1) is 0 Å². The lowest BCUT2D eigenvalue weighted by Crippen LogP contribution is -2.29. The molecule has 3 aromatic rings. The Morgan fingerprint density at radius 3 is 2.77 bits per heavy atom. The van der Waals surface area contributed by atoms with E-state index in [0.29, 0.717) is 5.52 Å². The molecule has 2 aromatic heterocycles. The van der Waals surface area contributed by atoms with Crippen LogP contribution in [-0.2, 0) is 10.0 Å². The van der Waals surface area contributed by atoms with Crippen LogP contribution in [-0.4, -0.2) is 48.4 Å². The van der Waals surface area contributed by atoms with Crippen LogP contribution in [0.4, 0.5) is 10.1 Å². The van der Waals surface area contributed by atoms with E-state index in [-0.39, 0.29) is 29.0 Å². The van der Waals surface area contributed by atoms with E-state index in [0.717, 1.165) is 34.9 Å². The summed E-state index contributed by atoms with van der Waals surface area (Å²) in [5, 5.41) is 3.79. The Kier molecular flexibility index (Phi) is 5.44. The summed E-state index contributed by atoms with van der Waals surface area (Å²) >= 11 is 0. The molecule has 0 bridgehead atoms. The average molecular weight is 446 g/mol. The predicted octanol–water partition coefficient (Wildman–Crippen LogP) is 2.55. The molecule has 1 amide bonds. The number of pyridine rings is 1. The zero-order valence-electron chi connectivity index (χ0n) is 17.3. The second-order valence-electron chi connectivity index (χ2n) is 7.58. The van der Waals surface area contributed by atoms with E-state index in [1.165, 1.54) is 23.7 Å². The van der Waals surface area contributed by atoms with Crippen molar-refractivity contribution in [1.82, 2.24) is 13.9 Å². The van der Waals surface area contributed by atoms with E-state index in [4.69, 9.17) is 5.73 Å². The molecule has 0 aliphatic carbocycles. The Hall–Kier alpha value is -2.98. The summed E-state index contributed by atoms with van der Waals surface area (Å²) < 4.78 is 42.0. The summed E-state index contributed by atoms with van der Waals surface area (Å²) in [6.45, 7) is 2.67. The lowest BCUT2D eigenvalue weighted by molar-refractivity contribution is 0.0998. The van der Waals surface area contributed by atoms with Gasteiger partial charge in [0, 0.05) is 32.0 Å². The van der Waals surface area contributed by atoms with Gasteiger partial charge in [0.2, 0.25) is 5.03 Å². The molecule has 4 rings (SSSR count). The number of halogens is 1. The average Bonchev–Trinajstić information content (AvgIpc) is 3.37. The van der Waals surface area contributed by atoms with Crippen LogP contribution in [0.5, 0.6) is 0 Å². The maximum absolute atomic E-state index is 13.8. The van der Waals surface area contributed by atoms with Crippen LogP contribution in [0, 0.1) is 5.82 Å². The molecule has 8 nitrogen and oxygen atoms in total. The molecule has 0 spiro atoms. The highest BCUT2D eigenvalue weighted by Crippen LogP contribution is 2.37. The van der Waals surface area contributed by atoms with Crippen LogP contribution in [0.25, 0.3) is 5.52 Å². The van der Waals surface area contributed by atoms with Crippen molar-refractivity contribution in [2.45, 2.75) is 30.8 Å². The van der Waals surface area contributed by atoms with Crippen LogP contribution in [0.2, 0.25) is 0 Å². The number of fused-ring (bicyclic) bond motifs is 1. The first-order chi connectivity index (χ1) is 14.7. The number of nitrogens with zero attached hydrogens (tertiary/aromatic N) is 4. The molecule has 1 atom stereocenters. The fourth-order valence-electron chi connectivity index (χ4n) is 4.06. The van der Waals surface area contributed by atoms with Gasteiger partial charge in [-0.05, 0) is 42.7 Å². The molecule has 1 aliphatic rings. The van der Waals surface area contributed by atoms with Gasteiger partial charge in [-0.25, -0.2) is 17.3 Å². The fraction of sp³-hybridized carbons (Fsp3) is 0.333. The topological polar surface area (TPSA) is 101 Å². The number of anilines is 1. The number of primary amides is 1. The van der Waals surface area contributed by atoms with Crippen molar-refractivity contribution in [3.05, 3.63) is 59.5 Å². The molecule has 1 unspecified atom stereocenters. The van der Waals surface area contributed by atoms with E-state index < -0.39 is 15.9 Å². The maximum atomic E-state index is 13.8. The molecular formula is C21H24FN5O3S. The first-order valence-corrected chi connectivity index (χ1v) is 11.5. The first kappa shape index (κ1) is 21.3. The molecule has 0 radical (unpaired) electrons. The third-order valence-corrected chi connectivity index (χ3v) is 7.60. The third kappa shape index (κ3) is 3.66. The van der Waals surface area contributed by atoms with E-state index >= 15 is 0 Å². The van der Waals surface area contributed by atoms with Gasteiger partial charge in [0.15, 0.2) is 0 Å². The molecule has 1 aromatic carbocycles. The number of nitrogens with two attached hydrogens (primary N) is 1. The third-order valence-electron chi connectivity index (χ3n) is 5.75. The largest absolute Gasteiger partial charge is 0.365 e. The lowest BCUT2D eigenvalue weighted by Gasteiger charge is -2.27. The van der Waals surface area contributed by atoms with E-state index in [2.05, 4.69) is 10.00 Å². The summed E-state index contributed by atoms with van der Waals surface area (Å²) in [5.74, 6) is -1.15. The molecule has 164 valence electrons. The van der Waals surface area contributed by atoms with Crippen molar-refractivity contribution in [3.63, 3.8) is 0 Å². The van der Waals surface area contributed by atoms with Crippen molar-refractivity contribution in [3.8, 4) is 0 Å². The number of sulfonamides is 1. The molecule has 31 heavy (non-hydrogen) atoms. The van der Waals surface area contributed by atoms with Crippen LogP contribution in [0.1, 0.15) is 41.7 Å². The Bertz CT molecular complexity index is 1260. The van der Waals surface area contributed by atoms with Gasteiger partial charge in [-0.1, -0.05) is 19.1 Å². The lowest BCUT2D eigenvalue weighted by atomic mass is 10.0.